The number of thioether (sulfide) groups is 1. The summed E-state index contributed by atoms with van der Waals surface area (Å²) in [5.74, 6) is -1.46. The van der Waals surface area contributed by atoms with E-state index in [1.807, 2.05) is 0 Å². The smallest absolute Gasteiger partial charge is 0.358 e. The number of ether oxygens (including phenoxy) is 1. The molecule has 1 N–H and O–H groups in total. The molecule has 2 aromatic heterocycles. The number of benzene rings is 1. The number of aromatic nitrogens is 1. The van der Waals surface area contributed by atoms with Crippen molar-refractivity contribution in [2.45, 2.75) is 29.2 Å². The number of aliphatic carboxylic acids is 1. The van der Waals surface area contributed by atoms with Crippen LogP contribution in [0.3, 0.4) is 0 Å². The summed E-state index contributed by atoms with van der Waals surface area (Å²) in [6, 6.07) is 5.38. The highest BCUT2D eigenvalue weighted by atomic mass is 35.5. The lowest BCUT2D eigenvalue weighted by Gasteiger charge is -2.12. The number of halogens is 5. The predicted molar refractivity (Wildman–Crippen MR) is 110 cm³/mol. The van der Waals surface area contributed by atoms with Crippen LogP contribution in [-0.4, -0.2) is 40.3 Å². The van der Waals surface area contributed by atoms with Gasteiger partial charge in [0.05, 0.1) is 33.2 Å². The summed E-state index contributed by atoms with van der Waals surface area (Å²) in [5, 5.41) is 5.59. The molecular formula is C19H14ClF4NO4S2. The Morgan fingerprint density at radius 3 is 2.58 bits per heavy atom. The number of carboxylic acids is 1. The third-order valence-corrected chi connectivity index (χ3v) is 6.87. The van der Waals surface area contributed by atoms with E-state index in [1.165, 1.54) is 29.9 Å². The molecule has 0 aliphatic heterocycles. The van der Waals surface area contributed by atoms with E-state index >= 15 is 0 Å². The Bertz CT molecular complexity index is 1180. The maximum absolute atomic E-state index is 13.3. The average molecular weight is 496 g/mol. The van der Waals surface area contributed by atoms with E-state index in [2.05, 4.69) is 0 Å². The fraction of sp³-hybridized carbons (Fsp3) is 0.263. The van der Waals surface area contributed by atoms with Gasteiger partial charge in [0.2, 0.25) is 0 Å². The van der Waals surface area contributed by atoms with Gasteiger partial charge in [0.25, 0.3) is 5.91 Å². The van der Waals surface area contributed by atoms with E-state index in [0.29, 0.717) is 33.5 Å². The molecule has 2 heterocycles. The maximum atomic E-state index is 13.3. The molecule has 0 fully saturated rings. The van der Waals surface area contributed by atoms with Crippen molar-refractivity contribution in [1.82, 2.24) is 4.57 Å². The van der Waals surface area contributed by atoms with Gasteiger partial charge in [-0.15, -0.1) is 11.3 Å². The summed E-state index contributed by atoms with van der Waals surface area (Å²) in [7, 11) is 1.39. The summed E-state index contributed by atoms with van der Waals surface area (Å²) < 4.78 is 57.8. The molecule has 0 bridgehead atoms. The minimum Gasteiger partial charge on any atom is -0.495 e. The Morgan fingerprint density at radius 1 is 1.32 bits per heavy atom. The van der Waals surface area contributed by atoms with Crippen LogP contribution in [0.4, 0.5) is 17.6 Å². The largest absolute Gasteiger partial charge is 0.495 e. The summed E-state index contributed by atoms with van der Waals surface area (Å²) in [5.41, 5.74) is 0.999. The third-order valence-electron chi connectivity index (χ3n) is 4.42. The Kier molecular flexibility index (Phi) is 6.59. The lowest BCUT2D eigenvalue weighted by molar-refractivity contribution is -0.136. The van der Waals surface area contributed by atoms with Crippen LogP contribution in [0.5, 0.6) is 5.75 Å². The van der Waals surface area contributed by atoms with E-state index in [0.717, 1.165) is 6.07 Å². The van der Waals surface area contributed by atoms with Crippen molar-refractivity contribution in [3.8, 4) is 5.75 Å². The number of carbonyl (C=O) groups excluding carboxylic acids is 1. The number of nitrogens with zero attached hydrogens (tertiary/aromatic N) is 1. The van der Waals surface area contributed by atoms with Gasteiger partial charge in [0, 0.05) is 11.1 Å². The summed E-state index contributed by atoms with van der Waals surface area (Å²) in [6.07, 6.45) is -4.23. The second-order valence-corrected chi connectivity index (χ2v) is 9.30. The fourth-order valence-corrected chi connectivity index (χ4v) is 5.22. The highest BCUT2D eigenvalue weighted by Crippen LogP contribution is 2.43. The van der Waals surface area contributed by atoms with Crippen molar-refractivity contribution in [1.29, 1.82) is 0 Å². The Hall–Kier alpha value is -2.24. The summed E-state index contributed by atoms with van der Waals surface area (Å²) in [6.45, 7) is 1.55. The lowest BCUT2D eigenvalue weighted by atomic mass is 10.1. The SMILES string of the molecule is COc1cc2c(CC(=O)O)c(C)n(C(=O)c3ccc(SC(F)(F)C(F)F)s3)c2cc1Cl. The molecule has 31 heavy (non-hydrogen) atoms. The molecule has 166 valence electrons. The van der Waals surface area contributed by atoms with Gasteiger partial charge in [-0.05, 0) is 48.5 Å². The standard InChI is InChI=1S/C19H14ClF4NO4S2/c1-8-9(6-15(26)27)10-5-13(29-2)11(20)7-12(10)25(8)17(28)14-3-4-16(30-14)31-19(23,24)18(21)22/h3-5,7,18H,6H2,1-2H3,(H,26,27). The first-order valence-electron chi connectivity index (χ1n) is 8.55. The van der Waals surface area contributed by atoms with Crippen molar-refractivity contribution >= 4 is 57.5 Å². The molecule has 0 aliphatic carbocycles. The molecule has 0 unspecified atom stereocenters. The Labute approximate surface area is 186 Å². The fourth-order valence-electron chi connectivity index (χ4n) is 3.05. The molecule has 3 rings (SSSR count). The van der Waals surface area contributed by atoms with Gasteiger partial charge in [-0.2, -0.15) is 8.78 Å². The van der Waals surface area contributed by atoms with E-state index in [9.17, 15) is 32.3 Å². The lowest BCUT2D eigenvalue weighted by Crippen LogP contribution is -2.21. The average Bonchev–Trinajstić information content (AvgIpc) is 3.23. The number of methoxy groups -OCH3 is 1. The number of hydrogen-bond acceptors (Lipinski definition) is 5. The molecule has 0 amide bonds. The number of thiophene rings is 1. The maximum Gasteiger partial charge on any atom is 0.358 e. The van der Waals surface area contributed by atoms with Crippen molar-refractivity contribution in [2.24, 2.45) is 0 Å². The second kappa shape index (κ2) is 8.71. The molecule has 0 aliphatic rings. The van der Waals surface area contributed by atoms with Crippen LogP contribution >= 0.6 is 34.7 Å². The van der Waals surface area contributed by atoms with Crippen LogP contribution in [0.25, 0.3) is 10.9 Å². The van der Waals surface area contributed by atoms with Gasteiger partial charge in [0.1, 0.15) is 5.75 Å². The number of carbonyl (C=O) groups is 2. The zero-order valence-corrected chi connectivity index (χ0v) is 18.3. The minimum absolute atomic E-state index is 0.0152. The van der Waals surface area contributed by atoms with Crippen molar-refractivity contribution in [3.63, 3.8) is 0 Å². The first-order chi connectivity index (χ1) is 14.5. The topological polar surface area (TPSA) is 68.5 Å². The van der Waals surface area contributed by atoms with Gasteiger partial charge < -0.3 is 9.84 Å². The molecule has 0 spiro atoms. The first-order valence-corrected chi connectivity index (χ1v) is 10.6. The van der Waals surface area contributed by atoms with Crippen molar-refractivity contribution in [2.75, 3.05) is 7.11 Å². The van der Waals surface area contributed by atoms with Crippen LogP contribution in [-0.2, 0) is 11.2 Å². The van der Waals surface area contributed by atoms with Gasteiger partial charge in [0.15, 0.2) is 0 Å². The highest BCUT2D eigenvalue weighted by Gasteiger charge is 2.42. The van der Waals surface area contributed by atoms with E-state index in [1.54, 1.807) is 6.92 Å². The van der Waals surface area contributed by atoms with E-state index in [4.69, 9.17) is 16.3 Å². The monoisotopic (exact) mass is 495 g/mol. The normalized spacial score (nSPS) is 12.0. The molecule has 1 aromatic carbocycles. The second-order valence-electron chi connectivity index (χ2n) is 6.36. The molecular weight excluding hydrogens is 482 g/mol. The van der Waals surface area contributed by atoms with E-state index in [-0.39, 0.29) is 38.0 Å². The number of rotatable bonds is 7. The van der Waals surface area contributed by atoms with Crippen LogP contribution in [0.15, 0.2) is 28.5 Å². The molecule has 0 atom stereocenters. The van der Waals surface area contributed by atoms with Crippen molar-refractivity contribution < 1.29 is 37.0 Å². The van der Waals surface area contributed by atoms with E-state index < -0.39 is 23.6 Å². The van der Waals surface area contributed by atoms with Crippen LogP contribution in [0.1, 0.15) is 20.9 Å². The highest BCUT2D eigenvalue weighted by molar-refractivity contribution is 8.02. The minimum atomic E-state index is -4.29. The molecule has 0 radical (unpaired) electrons. The van der Waals surface area contributed by atoms with Crippen molar-refractivity contribution in [3.05, 3.63) is 45.4 Å². The quantitative estimate of drug-likeness (QED) is 0.324. The van der Waals surface area contributed by atoms with Gasteiger partial charge in [-0.3, -0.25) is 14.2 Å². The predicted octanol–water partition coefficient (Wildman–Crippen LogP) is 5.94. The number of alkyl halides is 4. The molecule has 5 nitrogen and oxygen atoms in total. The molecule has 12 heteroatoms. The van der Waals surface area contributed by atoms with Crippen LogP contribution in [0.2, 0.25) is 5.02 Å². The zero-order chi connectivity index (χ0) is 23.1. The first kappa shape index (κ1) is 23.4. The zero-order valence-electron chi connectivity index (χ0n) is 15.9. The molecule has 0 saturated heterocycles. The van der Waals surface area contributed by atoms with Crippen LogP contribution < -0.4 is 4.74 Å². The summed E-state index contributed by atoms with van der Waals surface area (Å²) in [4.78, 5) is 24.5. The summed E-state index contributed by atoms with van der Waals surface area (Å²) >= 11 is 6.49. The molecule has 3 aromatic rings. The van der Waals surface area contributed by atoms with Gasteiger partial charge in [-0.25, -0.2) is 8.78 Å². The number of fused-ring (bicyclic) bond motifs is 1. The van der Waals surface area contributed by atoms with Gasteiger partial charge in [-0.1, -0.05) is 11.6 Å². The third kappa shape index (κ3) is 4.53. The Balaban J connectivity index is 2.10. The number of carboxylic acid groups (broad SMARTS) is 1. The number of hydrogen-bond donors (Lipinski definition) is 1. The molecule has 0 saturated carbocycles. The van der Waals surface area contributed by atoms with Crippen LogP contribution in [0, 0.1) is 6.92 Å². The van der Waals surface area contributed by atoms with Gasteiger partial charge >= 0.3 is 17.6 Å². The Morgan fingerprint density at radius 2 is 2.00 bits per heavy atom.